The van der Waals surface area contributed by atoms with Crippen molar-refractivity contribution < 1.29 is 19.4 Å². The third kappa shape index (κ3) is 3.39. The van der Waals surface area contributed by atoms with Gasteiger partial charge in [0.1, 0.15) is 5.76 Å². The van der Waals surface area contributed by atoms with Gasteiger partial charge in [0.05, 0.1) is 18.8 Å². The molecular formula is C29H32O4. The van der Waals surface area contributed by atoms with Crippen LogP contribution in [0.3, 0.4) is 0 Å². The van der Waals surface area contributed by atoms with Crippen LogP contribution < -0.4 is 0 Å². The van der Waals surface area contributed by atoms with Crippen molar-refractivity contribution in [2.45, 2.75) is 64.1 Å². The molecule has 1 saturated heterocycles. The lowest BCUT2D eigenvalue weighted by Crippen LogP contribution is -2.33. The van der Waals surface area contributed by atoms with Crippen LogP contribution in [-0.4, -0.2) is 24.1 Å². The fourth-order valence-electron chi connectivity index (χ4n) is 5.44. The Kier molecular flexibility index (Phi) is 4.97. The first-order valence-electron chi connectivity index (χ1n) is 11.8. The van der Waals surface area contributed by atoms with E-state index in [1.807, 2.05) is 24.3 Å². The Labute approximate surface area is 195 Å². The van der Waals surface area contributed by atoms with E-state index in [-0.39, 0.29) is 22.4 Å². The highest BCUT2D eigenvalue weighted by Crippen LogP contribution is 2.47. The summed E-state index contributed by atoms with van der Waals surface area (Å²) in [5.74, 6) is -0.819. The minimum Gasteiger partial charge on any atom is -0.512 e. The Bertz CT molecular complexity index is 1190. The van der Waals surface area contributed by atoms with Crippen LogP contribution in [0.15, 0.2) is 54.3 Å². The van der Waals surface area contributed by atoms with Crippen molar-refractivity contribution in [3.63, 3.8) is 0 Å². The highest BCUT2D eigenvalue weighted by atomic mass is 16.7. The minimum absolute atomic E-state index is 0.00763. The Morgan fingerprint density at radius 2 is 1.39 bits per heavy atom. The molecule has 5 rings (SSSR count). The molecule has 0 amide bonds. The second-order valence-electron chi connectivity index (χ2n) is 10.6. The summed E-state index contributed by atoms with van der Waals surface area (Å²) < 4.78 is 12.7. The predicted octanol–water partition coefficient (Wildman–Crippen LogP) is 6.00. The van der Waals surface area contributed by atoms with E-state index in [1.165, 1.54) is 11.1 Å². The summed E-state index contributed by atoms with van der Waals surface area (Å²) in [6.07, 6.45) is 5.39. The average molecular weight is 445 g/mol. The number of allylic oxidation sites excluding steroid dienone is 4. The molecule has 0 aromatic heterocycles. The molecule has 0 bridgehead atoms. The summed E-state index contributed by atoms with van der Waals surface area (Å²) in [5.41, 5.74) is 6.70. The zero-order valence-corrected chi connectivity index (χ0v) is 20.1. The van der Waals surface area contributed by atoms with Gasteiger partial charge in [0, 0.05) is 34.8 Å². The molecule has 4 heteroatoms. The first kappa shape index (κ1) is 22.1. The number of aryl methyl sites for hydroxylation is 1. The molecule has 33 heavy (non-hydrogen) atoms. The molecular weight excluding hydrogens is 412 g/mol. The van der Waals surface area contributed by atoms with Crippen LogP contribution in [0, 0.1) is 6.92 Å². The summed E-state index contributed by atoms with van der Waals surface area (Å²) in [6.45, 7) is 12.1. The smallest absolute Gasteiger partial charge is 0.222 e. The lowest BCUT2D eigenvalue weighted by molar-refractivity contribution is -0.130. The van der Waals surface area contributed by atoms with Gasteiger partial charge in [-0.05, 0) is 35.2 Å². The Hall–Kier alpha value is -2.69. The van der Waals surface area contributed by atoms with Gasteiger partial charge in [-0.15, -0.1) is 0 Å². The lowest BCUT2D eigenvalue weighted by atomic mass is 9.66. The summed E-state index contributed by atoms with van der Waals surface area (Å²) in [5, 5.41) is 10.2. The summed E-state index contributed by atoms with van der Waals surface area (Å²) >= 11 is 0. The van der Waals surface area contributed by atoms with Crippen molar-refractivity contribution in [1.82, 2.24) is 0 Å². The number of fused-ring (bicyclic) bond motifs is 1. The van der Waals surface area contributed by atoms with Gasteiger partial charge < -0.3 is 14.6 Å². The largest absolute Gasteiger partial charge is 0.512 e. The van der Waals surface area contributed by atoms with Gasteiger partial charge in [-0.3, -0.25) is 4.79 Å². The maximum Gasteiger partial charge on any atom is 0.222 e. The maximum atomic E-state index is 12.2. The molecule has 0 unspecified atom stereocenters. The van der Waals surface area contributed by atoms with E-state index in [2.05, 4.69) is 58.9 Å². The summed E-state index contributed by atoms with van der Waals surface area (Å²) in [6, 6.07) is 12.3. The Balaban J connectivity index is 1.63. The number of ketones is 1. The third-order valence-electron chi connectivity index (χ3n) is 7.43. The van der Waals surface area contributed by atoms with Gasteiger partial charge in [0.25, 0.3) is 0 Å². The number of aliphatic hydroxyl groups is 1. The second kappa shape index (κ2) is 7.41. The minimum atomic E-state index is -0.991. The first-order valence-corrected chi connectivity index (χ1v) is 11.8. The fourth-order valence-corrected chi connectivity index (χ4v) is 5.44. The average Bonchev–Trinajstić information content (AvgIpc) is 3.39. The van der Waals surface area contributed by atoms with Crippen molar-refractivity contribution in [3.05, 3.63) is 87.7 Å². The van der Waals surface area contributed by atoms with Crippen LogP contribution in [0.4, 0.5) is 0 Å². The van der Waals surface area contributed by atoms with Crippen molar-refractivity contribution in [3.8, 4) is 0 Å². The number of Topliss-reactive ketones (excluding diaryl/α,β-unsaturated/α-hetero) is 1. The van der Waals surface area contributed by atoms with E-state index in [1.54, 1.807) is 0 Å². The van der Waals surface area contributed by atoms with E-state index < -0.39 is 5.79 Å². The zero-order chi connectivity index (χ0) is 23.6. The van der Waals surface area contributed by atoms with Crippen LogP contribution in [0.5, 0.6) is 0 Å². The monoisotopic (exact) mass is 444 g/mol. The SMILES string of the molecule is Cc1cc2c(cc1C1(c3ccc(C4=C(O)CCC4=O)cc3)OCCO1)C(C)(C)C=CC2(C)C. The van der Waals surface area contributed by atoms with Gasteiger partial charge in [-0.25, -0.2) is 0 Å². The number of ether oxygens (including phenoxy) is 2. The molecule has 4 nitrogen and oxygen atoms in total. The molecule has 2 aromatic carbocycles. The molecule has 1 aliphatic heterocycles. The third-order valence-corrected chi connectivity index (χ3v) is 7.43. The van der Waals surface area contributed by atoms with Gasteiger partial charge in [0.2, 0.25) is 5.79 Å². The standard InChI is InChI=1S/C29H32O4/c1-18-16-22-23(28(4,5)13-12-27(22,2)3)17-21(18)29(32-14-15-33-29)20-8-6-19(7-9-20)26-24(30)10-11-25(26)31/h6-9,12-13,16-17,30H,10-11,14-15H2,1-5H3. The van der Waals surface area contributed by atoms with Crippen LogP contribution in [0.1, 0.15) is 73.9 Å². The van der Waals surface area contributed by atoms with Gasteiger partial charge >= 0.3 is 0 Å². The number of benzene rings is 2. The molecule has 172 valence electrons. The second-order valence-corrected chi connectivity index (χ2v) is 10.6. The number of rotatable bonds is 3. The summed E-state index contributed by atoms with van der Waals surface area (Å²) in [4.78, 5) is 12.2. The molecule has 0 atom stereocenters. The van der Waals surface area contributed by atoms with E-state index in [9.17, 15) is 9.90 Å². The molecule has 2 aromatic rings. The Morgan fingerprint density at radius 3 is 1.94 bits per heavy atom. The number of carbonyl (C=O) groups is 1. The van der Waals surface area contributed by atoms with Gasteiger partial charge in [-0.2, -0.15) is 0 Å². The van der Waals surface area contributed by atoms with E-state index >= 15 is 0 Å². The van der Waals surface area contributed by atoms with E-state index in [4.69, 9.17) is 9.47 Å². The van der Waals surface area contributed by atoms with Crippen molar-refractivity contribution in [2.24, 2.45) is 0 Å². The number of carbonyl (C=O) groups excluding carboxylic acids is 1. The maximum absolute atomic E-state index is 12.2. The molecule has 1 fully saturated rings. The molecule has 3 aliphatic rings. The highest BCUT2D eigenvalue weighted by molar-refractivity contribution is 6.23. The topological polar surface area (TPSA) is 55.8 Å². The predicted molar refractivity (Wildman–Crippen MR) is 129 cm³/mol. The van der Waals surface area contributed by atoms with Gasteiger partial charge in [-0.1, -0.05) is 70.2 Å². The fraction of sp³-hybridized carbons (Fsp3) is 0.414. The van der Waals surface area contributed by atoms with E-state index in [0.717, 1.165) is 22.3 Å². The van der Waals surface area contributed by atoms with Crippen molar-refractivity contribution in [1.29, 1.82) is 0 Å². The quantitative estimate of drug-likeness (QED) is 0.590. The Morgan fingerprint density at radius 1 is 0.818 bits per heavy atom. The van der Waals surface area contributed by atoms with Crippen LogP contribution in [0.2, 0.25) is 0 Å². The normalized spacial score (nSPS) is 22.6. The van der Waals surface area contributed by atoms with Crippen molar-refractivity contribution >= 4 is 11.4 Å². The van der Waals surface area contributed by atoms with E-state index in [0.29, 0.717) is 31.6 Å². The molecule has 0 radical (unpaired) electrons. The van der Waals surface area contributed by atoms with Crippen LogP contribution in [0.25, 0.3) is 5.57 Å². The molecule has 0 spiro atoms. The molecule has 0 saturated carbocycles. The lowest BCUT2D eigenvalue weighted by Gasteiger charge is -2.39. The van der Waals surface area contributed by atoms with Crippen LogP contribution in [-0.2, 0) is 30.9 Å². The van der Waals surface area contributed by atoms with Gasteiger partial charge in [0.15, 0.2) is 5.78 Å². The zero-order valence-electron chi connectivity index (χ0n) is 20.1. The number of aliphatic hydroxyl groups excluding tert-OH is 1. The first-order chi connectivity index (χ1) is 15.6. The molecule has 2 aliphatic carbocycles. The number of hydrogen-bond acceptors (Lipinski definition) is 4. The van der Waals surface area contributed by atoms with Crippen molar-refractivity contribution in [2.75, 3.05) is 13.2 Å². The highest BCUT2D eigenvalue weighted by Gasteiger charge is 2.44. The molecule has 1 heterocycles. The number of hydrogen-bond donors (Lipinski definition) is 1. The molecule has 1 N–H and O–H groups in total. The summed E-state index contributed by atoms with van der Waals surface area (Å²) in [7, 11) is 0. The van der Waals surface area contributed by atoms with Crippen LogP contribution >= 0.6 is 0 Å².